The number of rotatable bonds is 5. The summed E-state index contributed by atoms with van der Waals surface area (Å²) in [5.74, 6) is 1.41. The van der Waals surface area contributed by atoms with Crippen LogP contribution in [0, 0.1) is 13.8 Å². The summed E-state index contributed by atoms with van der Waals surface area (Å²) in [5, 5.41) is 0.758. The number of hydrogen-bond acceptors (Lipinski definition) is 3. The highest BCUT2D eigenvalue weighted by Gasteiger charge is 2.13. The molecule has 2 rings (SSSR count). The van der Waals surface area contributed by atoms with Crippen LogP contribution in [0.5, 0.6) is 5.88 Å². The summed E-state index contributed by atoms with van der Waals surface area (Å²) in [6.45, 7) is 6.60. The van der Waals surface area contributed by atoms with Gasteiger partial charge in [-0.25, -0.2) is 4.98 Å². The average Bonchev–Trinajstić information content (AvgIpc) is 2.41. The molecule has 20 heavy (non-hydrogen) atoms. The summed E-state index contributed by atoms with van der Waals surface area (Å²) in [6.07, 6.45) is 1.64. The molecule has 0 aliphatic carbocycles. The summed E-state index contributed by atoms with van der Waals surface area (Å²) in [7, 11) is 0. The Morgan fingerprint density at radius 2 is 1.90 bits per heavy atom. The first-order valence-electron chi connectivity index (χ1n) is 6.82. The molecule has 106 valence electrons. The predicted octanol–water partition coefficient (Wildman–Crippen LogP) is 4.13. The van der Waals surface area contributed by atoms with Crippen LogP contribution in [-0.2, 0) is 6.42 Å². The quantitative estimate of drug-likeness (QED) is 0.830. The Bertz CT molecular complexity index is 599. The van der Waals surface area contributed by atoms with Crippen molar-refractivity contribution in [3.8, 4) is 5.88 Å². The van der Waals surface area contributed by atoms with Crippen molar-refractivity contribution in [3.05, 3.63) is 51.9 Å². The van der Waals surface area contributed by atoms with Gasteiger partial charge in [0.05, 0.1) is 6.61 Å². The van der Waals surface area contributed by atoms with Crippen LogP contribution < -0.4 is 4.74 Å². The largest absolute Gasteiger partial charge is 0.477 e. The molecule has 1 aromatic heterocycles. The maximum Gasteiger partial charge on any atom is 0.220 e. The minimum absolute atomic E-state index is 0.658. The van der Waals surface area contributed by atoms with Crippen LogP contribution in [0.15, 0.2) is 24.3 Å². The highest BCUT2D eigenvalue weighted by atomic mass is 35.5. The minimum Gasteiger partial charge on any atom is -0.477 e. The third-order valence-corrected chi connectivity index (χ3v) is 3.42. The van der Waals surface area contributed by atoms with Crippen LogP contribution in [0.2, 0.25) is 5.02 Å². The predicted molar refractivity (Wildman–Crippen MR) is 81.6 cm³/mol. The number of hydrogen-bond donors (Lipinski definition) is 0. The molecule has 0 saturated heterocycles. The van der Waals surface area contributed by atoms with E-state index in [2.05, 4.69) is 16.9 Å². The lowest BCUT2D eigenvalue weighted by Crippen LogP contribution is -2.07. The first kappa shape index (κ1) is 14.8. The fourth-order valence-electron chi connectivity index (χ4n) is 2.06. The van der Waals surface area contributed by atoms with Gasteiger partial charge in [0.2, 0.25) is 5.88 Å². The highest BCUT2D eigenvalue weighted by Crippen LogP contribution is 2.25. The smallest absolute Gasteiger partial charge is 0.220 e. The summed E-state index contributed by atoms with van der Waals surface area (Å²) in [6, 6.07) is 7.83. The van der Waals surface area contributed by atoms with Gasteiger partial charge in [-0.05, 0) is 31.9 Å². The van der Waals surface area contributed by atoms with Crippen molar-refractivity contribution in [1.29, 1.82) is 0 Å². The molecule has 1 aromatic carbocycles. The van der Waals surface area contributed by atoms with Gasteiger partial charge in [0.25, 0.3) is 0 Å². The molecule has 0 N–H and O–H groups in total. The number of aryl methyl sites for hydroxylation is 2. The minimum atomic E-state index is 0.658. The van der Waals surface area contributed by atoms with Crippen molar-refractivity contribution in [1.82, 2.24) is 9.97 Å². The van der Waals surface area contributed by atoms with Gasteiger partial charge in [-0.2, -0.15) is 4.98 Å². The van der Waals surface area contributed by atoms with E-state index in [0.29, 0.717) is 18.9 Å². The maximum atomic E-state index is 6.23. The van der Waals surface area contributed by atoms with Crippen LogP contribution in [0.3, 0.4) is 0 Å². The molecule has 0 aliphatic rings. The van der Waals surface area contributed by atoms with Crippen molar-refractivity contribution in [3.63, 3.8) is 0 Å². The Morgan fingerprint density at radius 1 is 1.15 bits per heavy atom. The number of aromatic nitrogens is 2. The molecule has 0 amide bonds. The Labute approximate surface area is 125 Å². The van der Waals surface area contributed by atoms with E-state index in [0.717, 1.165) is 34.1 Å². The molecule has 4 heteroatoms. The van der Waals surface area contributed by atoms with Gasteiger partial charge in [-0.3, -0.25) is 0 Å². The lowest BCUT2D eigenvalue weighted by Gasteiger charge is -2.13. The van der Waals surface area contributed by atoms with E-state index in [4.69, 9.17) is 16.3 Å². The van der Waals surface area contributed by atoms with Gasteiger partial charge in [-0.1, -0.05) is 36.7 Å². The Kier molecular flexibility index (Phi) is 4.96. The van der Waals surface area contributed by atoms with Crippen LogP contribution in [0.4, 0.5) is 0 Å². The molecule has 0 bridgehead atoms. The fourth-order valence-corrected chi connectivity index (χ4v) is 2.26. The highest BCUT2D eigenvalue weighted by molar-refractivity contribution is 6.31. The van der Waals surface area contributed by atoms with Crippen LogP contribution >= 0.6 is 11.6 Å². The van der Waals surface area contributed by atoms with Gasteiger partial charge < -0.3 is 4.74 Å². The SMILES string of the molecule is CCCOc1nc(C)nc(C)c1Cc1ccccc1Cl. The van der Waals surface area contributed by atoms with Gasteiger partial charge in [-0.15, -0.1) is 0 Å². The summed E-state index contributed by atoms with van der Waals surface area (Å²) < 4.78 is 5.77. The number of benzene rings is 1. The van der Waals surface area contributed by atoms with Crippen molar-refractivity contribution >= 4 is 11.6 Å². The Morgan fingerprint density at radius 3 is 2.60 bits per heavy atom. The molecule has 0 aliphatic heterocycles. The van der Waals surface area contributed by atoms with E-state index in [1.54, 1.807) is 0 Å². The second kappa shape index (κ2) is 6.71. The molecule has 0 spiro atoms. The van der Waals surface area contributed by atoms with Gasteiger partial charge in [0.15, 0.2) is 0 Å². The second-order valence-corrected chi connectivity index (χ2v) is 5.16. The normalized spacial score (nSPS) is 10.6. The summed E-state index contributed by atoms with van der Waals surface area (Å²) >= 11 is 6.23. The second-order valence-electron chi connectivity index (χ2n) is 4.76. The third kappa shape index (κ3) is 3.48. The molecule has 0 atom stereocenters. The number of nitrogens with zero attached hydrogens (tertiary/aromatic N) is 2. The van der Waals surface area contributed by atoms with Crippen molar-refractivity contribution in [2.45, 2.75) is 33.6 Å². The molecule has 0 unspecified atom stereocenters. The first-order chi connectivity index (χ1) is 9.61. The van der Waals surface area contributed by atoms with Gasteiger partial charge in [0.1, 0.15) is 5.82 Å². The van der Waals surface area contributed by atoms with Crippen LogP contribution in [-0.4, -0.2) is 16.6 Å². The van der Waals surface area contributed by atoms with Crippen molar-refractivity contribution < 1.29 is 4.74 Å². The zero-order valence-corrected chi connectivity index (χ0v) is 12.9. The zero-order valence-electron chi connectivity index (χ0n) is 12.1. The van der Waals surface area contributed by atoms with Gasteiger partial charge in [0, 0.05) is 22.7 Å². The molecule has 0 radical (unpaired) electrons. The lowest BCUT2D eigenvalue weighted by atomic mass is 10.0. The van der Waals surface area contributed by atoms with E-state index in [1.165, 1.54) is 0 Å². The lowest BCUT2D eigenvalue weighted by molar-refractivity contribution is 0.300. The van der Waals surface area contributed by atoms with Crippen LogP contribution in [0.25, 0.3) is 0 Å². The molecule has 3 nitrogen and oxygen atoms in total. The monoisotopic (exact) mass is 290 g/mol. The van der Waals surface area contributed by atoms with E-state index >= 15 is 0 Å². The molecular formula is C16H19ClN2O. The van der Waals surface area contributed by atoms with E-state index < -0.39 is 0 Å². The number of halogens is 1. The molecular weight excluding hydrogens is 272 g/mol. The van der Waals surface area contributed by atoms with E-state index in [-0.39, 0.29) is 0 Å². The molecule has 2 aromatic rings. The number of ether oxygens (including phenoxy) is 1. The summed E-state index contributed by atoms with van der Waals surface area (Å²) in [4.78, 5) is 8.85. The molecule has 1 heterocycles. The van der Waals surface area contributed by atoms with Crippen molar-refractivity contribution in [2.24, 2.45) is 0 Å². The fraction of sp³-hybridized carbons (Fsp3) is 0.375. The van der Waals surface area contributed by atoms with E-state index in [1.807, 2.05) is 38.1 Å². The summed E-state index contributed by atoms with van der Waals surface area (Å²) in [5.41, 5.74) is 3.02. The average molecular weight is 291 g/mol. The zero-order chi connectivity index (χ0) is 14.5. The Hall–Kier alpha value is -1.61. The van der Waals surface area contributed by atoms with Crippen molar-refractivity contribution in [2.75, 3.05) is 6.61 Å². The van der Waals surface area contributed by atoms with Crippen LogP contribution in [0.1, 0.15) is 36.0 Å². The first-order valence-corrected chi connectivity index (χ1v) is 7.20. The van der Waals surface area contributed by atoms with Gasteiger partial charge >= 0.3 is 0 Å². The molecule has 0 saturated carbocycles. The third-order valence-electron chi connectivity index (χ3n) is 3.06. The van der Waals surface area contributed by atoms with E-state index in [9.17, 15) is 0 Å². The maximum absolute atomic E-state index is 6.23. The topological polar surface area (TPSA) is 35.0 Å². The molecule has 0 fully saturated rings. The standard InChI is InChI=1S/C16H19ClN2O/c1-4-9-20-16-14(11(2)18-12(3)19-16)10-13-7-5-6-8-15(13)17/h5-8H,4,9-10H2,1-3H3. The Balaban J connectivity index is 2.37.